The molecule has 0 aliphatic heterocycles. The lowest BCUT2D eigenvalue weighted by Crippen LogP contribution is -2.33. The number of carboxylic acid groups (broad SMARTS) is 1. The molecule has 2 aromatic carbocycles. The number of carbonyl (C=O) groups excluding carboxylic acids is 1. The van der Waals surface area contributed by atoms with Crippen molar-refractivity contribution in [3.05, 3.63) is 83.8 Å². The van der Waals surface area contributed by atoms with Gasteiger partial charge in [0.15, 0.2) is 0 Å². The molecular weight excluding hydrogens is 446 g/mol. The Labute approximate surface area is 203 Å². The summed E-state index contributed by atoms with van der Waals surface area (Å²) in [6.45, 7) is 0.454. The molecule has 0 spiro atoms. The first kappa shape index (κ1) is 23.4. The molecule has 2 aromatic heterocycles. The molecule has 10 heteroatoms. The standard InChI is InChI=1S/C25H25N7O3.H2/c1-31-20-10-7-17(25(35)32(13-11-23(33)34)21-4-2-3-12-28-21)14-19(20)30-22(31)15-29-18-8-5-16(6-9-18)24(26)27;/h2-10,12,14,29H,11,13,15H2,1H3,(H3,26,27)(H,33,34);1H. The Morgan fingerprint density at radius 3 is 2.54 bits per heavy atom. The monoisotopic (exact) mass is 473 g/mol. The minimum atomic E-state index is -0.994. The molecule has 0 fully saturated rings. The summed E-state index contributed by atoms with van der Waals surface area (Å²) in [4.78, 5) is 34.7. The van der Waals surface area contributed by atoms with Crippen LogP contribution in [0.4, 0.5) is 11.5 Å². The number of rotatable bonds is 9. The number of nitrogens with one attached hydrogen (secondary N) is 2. The Morgan fingerprint density at radius 1 is 1.14 bits per heavy atom. The van der Waals surface area contributed by atoms with Crippen molar-refractivity contribution in [2.45, 2.75) is 13.0 Å². The number of nitrogens with two attached hydrogens (primary N) is 1. The van der Waals surface area contributed by atoms with Crippen LogP contribution in [0.25, 0.3) is 11.0 Å². The van der Waals surface area contributed by atoms with E-state index < -0.39 is 5.97 Å². The first-order valence-electron chi connectivity index (χ1n) is 10.9. The fourth-order valence-electron chi connectivity index (χ4n) is 3.69. The second kappa shape index (κ2) is 10.0. The summed E-state index contributed by atoms with van der Waals surface area (Å²) in [6, 6.07) is 17.6. The number of anilines is 2. The number of amides is 1. The summed E-state index contributed by atoms with van der Waals surface area (Å²) in [5.41, 5.74) is 8.92. The molecule has 4 rings (SSSR count). The zero-order valence-corrected chi connectivity index (χ0v) is 19.1. The van der Waals surface area contributed by atoms with Crippen molar-refractivity contribution >= 4 is 40.3 Å². The van der Waals surface area contributed by atoms with Crippen LogP contribution in [-0.4, -0.2) is 43.9 Å². The van der Waals surface area contributed by atoms with Gasteiger partial charge < -0.3 is 20.7 Å². The van der Waals surface area contributed by atoms with E-state index in [0.717, 1.165) is 17.0 Å². The number of hydrogen-bond acceptors (Lipinski definition) is 6. The maximum Gasteiger partial charge on any atom is 0.305 e. The molecule has 0 aliphatic carbocycles. The van der Waals surface area contributed by atoms with Crippen molar-refractivity contribution in [2.75, 3.05) is 16.8 Å². The molecular formula is C25H27N7O3. The van der Waals surface area contributed by atoms with E-state index in [1.807, 2.05) is 29.8 Å². The predicted octanol–water partition coefficient (Wildman–Crippen LogP) is 3.23. The molecule has 0 saturated heterocycles. The van der Waals surface area contributed by atoms with Crippen LogP contribution < -0.4 is 16.0 Å². The third-order valence-corrected chi connectivity index (χ3v) is 5.59. The van der Waals surface area contributed by atoms with Gasteiger partial charge in [0.1, 0.15) is 17.5 Å². The summed E-state index contributed by atoms with van der Waals surface area (Å²) in [6.07, 6.45) is 1.36. The van der Waals surface area contributed by atoms with Gasteiger partial charge >= 0.3 is 5.97 Å². The quantitative estimate of drug-likeness (QED) is 0.215. The number of carbonyl (C=O) groups is 2. The Morgan fingerprint density at radius 2 is 1.89 bits per heavy atom. The second-order valence-corrected chi connectivity index (χ2v) is 7.92. The highest BCUT2D eigenvalue weighted by atomic mass is 16.4. The van der Waals surface area contributed by atoms with Crippen molar-refractivity contribution in [2.24, 2.45) is 12.8 Å². The van der Waals surface area contributed by atoms with E-state index >= 15 is 0 Å². The molecule has 2 heterocycles. The van der Waals surface area contributed by atoms with Crippen LogP contribution in [0.3, 0.4) is 0 Å². The number of fused-ring (bicyclic) bond motifs is 1. The number of aryl methyl sites for hydroxylation is 1. The predicted molar refractivity (Wildman–Crippen MR) is 136 cm³/mol. The molecule has 35 heavy (non-hydrogen) atoms. The number of nitrogen functional groups attached to an aromatic ring is 1. The number of pyridine rings is 1. The summed E-state index contributed by atoms with van der Waals surface area (Å²) in [5, 5.41) is 19.9. The number of nitrogens with zero attached hydrogens (tertiary/aromatic N) is 4. The molecule has 1 amide bonds. The van der Waals surface area contributed by atoms with Crippen molar-refractivity contribution in [1.29, 1.82) is 5.41 Å². The molecule has 0 atom stereocenters. The van der Waals surface area contributed by atoms with E-state index in [4.69, 9.17) is 16.2 Å². The van der Waals surface area contributed by atoms with Crippen LogP contribution in [0.1, 0.15) is 29.6 Å². The Hall–Kier alpha value is -4.73. The van der Waals surface area contributed by atoms with E-state index in [0.29, 0.717) is 29.0 Å². The van der Waals surface area contributed by atoms with Crippen LogP contribution in [0.2, 0.25) is 0 Å². The second-order valence-electron chi connectivity index (χ2n) is 7.92. The lowest BCUT2D eigenvalue weighted by Gasteiger charge is -2.21. The normalized spacial score (nSPS) is 10.8. The zero-order chi connectivity index (χ0) is 24.9. The molecule has 0 saturated carbocycles. The van der Waals surface area contributed by atoms with E-state index in [2.05, 4.69) is 15.3 Å². The van der Waals surface area contributed by atoms with Crippen molar-refractivity contribution in [3.8, 4) is 0 Å². The van der Waals surface area contributed by atoms with Gasteiger partial charge in [-0.15, -0.1) is 0 Å². The van der Waals surface area contributed by atoms with Crippen LogP contribution in [0, 0.1) is 5.41 Å². The Balaban J connectivity index is 0.00000361. The zero-order valence-electron chi connectivity index (χ0n) is 19.1. The Kier molecular flexibility index (Phi) is 6.72. The highest BCUT2D eigenvalue weighted by Gasteiger charge is 2.21. The van der Waals surface area contributed by atoms with Gasteiger partial charge in [0.25, 0.3) is 5.91 Å². The minimum absolute atomic E-state index is 0. The van der Waals surface area contributed by atoms with Gasteiger partial charge in [0, 0.05) is 38.0 Å². The van der Waals surface area contributed by atoms with E-state index in [1.165, 1.54) is 4.90 Å². The smallest absolute Gasteiger partial charge is 0.305 e. The molecule has 10 nitrogen and oxygen atoms in total. The molecule has 4 aromatic rings. The third-order valence-electron chi connectivity index (χ3n) is 5.59. The fourth-order valence-corrected chi connectivity index (χ4v) is 3.69. The number of carboxylic acids is 1. The fraction of sp³-hybridized carbons (Fsp3) is 0.160. The van der Waals surface area contributed by atoms with Crippen LogP contribution in [-0.2, 0) is 18.4 Å². The molecule has 0 aliphatic rings. The average Bonchev–Trinajstić information content (AvgIpc) is 3.18. The van der Waals surface area contributed by atoms with Gasteiger partial charge in [0.05, 0.1) is 24.0 Å². The molecule has 0 bridgehead atoms. The molecule has 0 unspecified atom stereocenters. The van der Waals surface area contributed by atoms with Crippen molar-refractivity contribution < 1.29 is 16.1 Å². The van der Waals surface area contributed by atoms with Crippen molar-refractivity contribution in [3.63, 3.8) is 0 Å². The molecule has 0 radical (unpaired) electrons. The van der Waals surface area contributed by atoms with Gasteiger partial charge in [-0.05, 0) is 54.6 Å². The summed E-state index contributed by atoms with van der Waals surface area (Å²) >= 11 is 0. The number of imidazole rings is 1. The summed E-state index contributed by atoms with van der Waals surface area (Å²) in [5.74, 6) is -0.162. The SMILES string of the molecule is Cn1c(CNc2ccc(C(=N)N)cc2)nc2cc(C(=O)N(CCC(=O)O)c3ccccn3)ccc21.[HH]. The largest absolute Gasteiger partial charge is 0.481 e. The number of aliphatic carboxylic acids is 1. The number of hydrogen-bond donors (Lipinski definition) is 4. The maximum absolute atomic E-state index is 13.3. The van der Waals surface area contributed by atoms with Crippen LogP contribution >= 0.6 is 0 Å². The molecule has 180 valence electrons. The van der Waals surface area contributed by atoms with Gasteiger partial charge in [0.2, 0.25) is 0 Å². The maximum atomic E-state index is 13.3. The summed E-state index contributed by atoms with van der Waals surface area (Å²) in [7, 11) is 1.90. The van der Waals surface area contributed by atoms with Gasteiger partial charge in [-0.3, -0.25) is 19.9 Å². The average molecular weight is 474 g/mol. The minimum Gasteiger partial charge on any atom is -0.481 e. The lowest BCUT2D eigenvalue weighted by molar-refractivity contribution is -0.136. The van der Waals surface area contributed by atoms with Gasteiger partial charge in [-0.2, -0.15) is 0 Å². The Bertz CT molecular complexity index is 1390. The van der Waals surface area contributed by atoms with Crippen molar-refractivity contribution in [1.82, 2.24) is 14.5 Å². The number of aromatic nitrogens is 3. The van der Waals surface area contributed by atoms with E-state index in [1.54, 1.807) is 48.7 Å². The van der Waals surface area contributed by atoms with E-state index in [9.17, 15) is 9.59 Å². The molecule has 5 N–H and O–H groups in total. The van der Waals surface area contributed by atoms with Crippen LogP contribution in [0.5, 0.6) is 0 Å². The first-order chi connectivity index (χ1) is 16.8. The number of amidine groups is 1. The van der Waals surface area contributed by atoms with Gasteiger partial charge in [-0.1, -0.05) is 6.07 Å². The highest BCUT2D eigenvalue weighted by Crippen LogP contribution is 2.21. The van der Waals surface area contributed by atoms with Crippen LogP contribution in [0.15, 0.2) is 66.9 Å². The summed E-state index contributed by atoms with van der Waals surface area (Å²) < 4.78 is 1.95. The topological polar surface area (TPSA) is 150 Å². The third kappa shape index (κ3) is 5.27. The number of benzene rings is 2. The lowest BCUT2D eigenvalue weighted by atomic mass is 10.1. The van der Waals surface area contributed by atoms with E-state index in [-0.39, 0.29) is 26.1 Å². The first-order valence-corrected chi connectivity index (χ1v) is 10.9. The highest BCUT2D eigenvalue weighted by molar-refractivity contribution is 6.07. The van der Waals surface area contributed by atoms with Gasteiger partial charge in [-0.25, -0.2) is 9.97 Å².